The highest BCUT2D eigenvalue weighted by molar-refractivity contribution is 5.93. The Hall–Kier alpha value is -1.82. The standard InChI is InChI=1S/C15H22N2O4/c1-20-10-9-16-7-4-6-13(16)14(18)17-8-3-5-12(11-17)15(19)21-2/h4,6-7,12H,3,5,8-11H2,1-2H3/t12-/m0/s1. The lowest BCUT2D eigenvalue weighted by Gasteiger charge is -2.31. The first kappa shape index (κ1) is 15.6. The Balaban J connectivity index is 2.05. The van der Waals surface area contributed by atoms with Crippen LogP contribution in [0.2, 0.25) is 0 Å². The molecule has 0 saturated carbocycles. The first-order chi connectivity index (χ1) is 10.2. The van der Waals surface area contributed by atoms with E-state index in [-0.39, 0.29) is 17.8 Å². The predicted molar refractivity (Wildman–Crippen MR) is 77.0 cm³/mol. The maximum atomic E-state index is 12.6. The number of nitrogens with zero attached hydrogens (tertiary/aromatic N) is 2. The van der Waals surface area contributed by atoms with Crippen LogP contribution >= 0.6 is 0 Å². The van der Waals surface area contributed by atoms with Gasteiger partial charge in [0.2, 0.25) is 0 Å². The molecule has 1 amide bonds. The molecule has 0 bridgehead atoms. The molecule has 0 unspecified atom stereocenters. The molecule has 116 valence electrons. The van der Waals surface area contributed by atoms with Crippen molar-refractivity contribution >= 4 is 11.9 Å². The highest BCUT2D eigenvalue weighted by atomic mass is 16.5. The number of ether oxygens (including phenoxy) is 2. The van der Waals surface area contributed by atoms with Gasteiger partial charge in [0.25, 0.3) is 5.91 Å². The van der Waals surface area contributed by atoms with Crippen LogP contribution in [-0.2, 0) is 20.8 Å². The van der Waals surface area contributed by atoms with Crippen molar-refractivity contribution in [2.24, 2.45) is 5.92 Å². The number of carbonyl (C=O) groups excluding carboxylic acids is 2. The Kier molecular flexibility index (Phi) is 5.38. The first-order valence-corrected chi connectivity index (χ1v) is 7.18. The molecule has 1 aliphatic rings. The molecule has 21 heavy (non-hydrogen) atoms. The number of amides is 1. The smallest absolute Gasteiger partial charge is 0.310 e. The minimum atomic E-state index is -0.234. The van der Waals surface area contributed by atoms with Gasteiger partial charge in [-0.3, -0.25) is 9.59 Å². The van der Waals surface area contributed by atoms with Gasteiger partial charge in [-0.25, -0.2) is 0 Å². The van der Waals surface area contributed by atoms with Crippen molar-refractivity contribution in [3.8, 4) is 0 Å². The van der Waals surface area contributed by atoms with Crippen LogP contribution in [0.25, 0.3) is 0 Å². The summed E-state index contributed by atoms with van der Waals surface area (Å²) >= 11 is 0. The molecular formula is C15H22N2O4. The minimum Gasteiger partial charge on any atom is -0.469 e. The summed E-state index contributed by atoms with van der Waals surface area (Å²) in [5.74, 6) is -0.484. The summed E-state index contributed by atoms with van der Waals surface area (Å²) in [7, 11) is 3.02. The Labute approximate surface area is 124 Å². The lowest BCUT2D eigenvalue weighted by atomic mass is 9.98. The molecule has 1 atom stereocenters. The molecule has 2 heterocycles. The van der Waals surface area contributed by atoms with E-state index in [1.165, 1.54) is 7.11 Å². The highest BCUT2D eigenvalue weighted by Crippen LogP contribution is 2.20. The van der Waals surface area contributed by atoms with Gasteiger partial charge in [0, 0.05) is 32.9 Å². The summed E-state index contributed by atoms with van der Waals surface area (Å²) in [5.41, 5.74) is 0.637. The van der Waals surface area contributed by atoms with Gasteiger partial charge in [0.15, 0.2) is 0 Å². The molecule has 2 rings (SSSR count). The molecule has 0 spiro atoms. The number of hydrogen-bond donors (Lipinski definition) is 0. The molecule has 0 N–H and O–H groups in total. The largest absolute Gasteiger partial charge is 0.469 e. The van der Waals surface area contributed by atoms with Gasteiger partial charge in [-0.05, 0) is 25.0 Å². The maximum Gasteiger partial charge on any atom is 0.310 e. The molecule has 1 saturated heterocycles. The third-order valence-electron chi connectivity index (χ3n) is 3.83. The van der Waals surface area contributed by atoms with E-state index in [1.54, 1.807) is 18.1 Å². The second kappa shape index (κ2) is 7.26. The van der Waals surface area contributed by atoms with Crippen LogP contribution in [0.5, 0.6) is 0 Å². The average Bonchev–Trinajstić information content (AvgIpc) is 2.99. The summed E-state index contributed by atoms with van der Waals surface area (Å²) in [6.45, 7) is 2.31. The van der Waals surface area contributed by atoms with Crippen molar-refractivity contribution < 1.29 is 19.1 Å². The average molecular weight is 294 g/mol. The lowest BCUT2D eigenvalue weighted by molar-refractivity contribution is -0.146. The number of rotatable bonds is 5. The molecule has 6 nitrogen and oxygen atoms in total. The van der Waals surface area contributed by atoms with Crippen LogP contribution in [0.4, 0.5) is 0 Å². The number of esters is 1. The van der Waals surface area contributed by atoms with Gasteiger partial charge in [-0.2, -0.15) is 0 Å². The fraction of sp³-hybridized carbons (Fsp3) is 0.600. The number of likely N-dealkylation sites (tertiary alicyclic amines) is 1. The minimum absolute atomic E-state index is 0.0373. The number of methoxy groups -OCH3 is 2. The third-order valence-corrected chi connectivity index (χ3v) is 3.83. The maximum absolute atomic E-state index is 12.6. The monoisotopic (exact) mass is 294 g/mol. The van der Waals surface area contributed by atoms with E-state index >= 15 is 0 Å². The number of piperidine rings is 1. The first-order valence-electron chi connectivity index (χ1n) is 7.18. The zero-order chi connectivity index (χ0) is 15.2. The van der Waals surface area contributed by atoms with Crippen LogP contribution in [0.3, 0.4) is 0 Å². The summed E-state index contributed by atoms with van der Waals surface area (Å²) in [6.07, 6.45) is 3.47. The van der Waals surface area contributed by atoms with E-state index in [2.05, 4.69) is 0 Å². The van der Waals surface area contributed by atoms with Gasteiger partial charge in [-0.15, -0.1) is 0 Å². The number of carbonyl (C=O) groups is 2. The molecule has 1 aliphatic heterocycles. The fourth-order valence-corrected chi connectivity index (χ4v) is 2.68. The summed E-state index contributed by atoms with van der Waals surface area (Å²) in [4.78, 5) is 26.0. The third kappa shape index (κ3) is 3.64. The van der Waals surface area contributed by atoms with E-state index in [9.17, 15) is 9.59 Å². The van der Waals surface area contributed by atoms with Crippen LogP contribution in [0.15, 0.2) is 18.3 Å². The second-order valence-corrected chi connectivity index (χ2v) is 5.19. The molecule has 1 aromatic heterocycles. The van der Waals surface area contributed by atoms with E-state index in [4.69, 9.17) is 9.47 Å². The van der Waals surface area contributed by atoms with Crippen molar-refractivity contribution in [2.75, 3.05) is 33.9 Å². The lowest BCUT2D eigenvalue weighted by Crippen LogP contribution is -2.43. The van der Waals surface area contributed by atoms with Crippen molar-refractivity contribution in [3.63, 3.8) is 0 Å². The van der Waals surface area contributed by atoms with E-state index in [0.717, 1.165) is 12.8 Å². The van der Waals surface area contributed by atoms with Crippen molar-refractivity contribution in [1.82, 2.24) is 9.47 Å². The molecule has 0 aliphatic carbocycles. The van der Waals surface area contributed by atoms with Crippen molar-refractivity contribution in [3.05, 3.63) is 24.0 Å². The van der Waals surface area contributed by atoms with Gasteiger partial charge >= 0.3 is 5.97 Å². The van der Waals surface area contributed by atoms with Gasteiger partial charge < -0.3 is 18.9 Å². The van der Waals surface area contributed by atoms with Crippen LogP contribution in [0.1, 0.15) is 23.3 Å². The van der Waals surface area contributed by atoms with E-state index in [0.29, 0.717) is 31.9 Å². The second-order valence-electron chi connectivity index (χ2n) is 5.19. The van der Waals surface area contributed by atoms with Crippen molar-refractivity contribution in [2.45, 2.75) is 19.4 Å². The Morgan fingerprint density at radius 1 is 1.38 bits per heavy atom. The van der Waals surface area contributed by atoms with Gasteiger partial charge in [-0.1, -0.05) is 0 Å². The topological polar surface area (TPSA) is 60.8 Å². The van der Waals surface area contributed by atoms with Crippen LogP contribution < -0.4 is 0 Å². The van der Waals surface area contributed by atoms with Gasteiger partial charge in [0.05, 0.1) is 19.6 Å². The Morgan fingerprint density at radius 3 is 2.90 bits per heavy atom. The molecule has 0 aromatic carbocycles. The Morgan fingerprint density at radius 2 is 2.19 bits per heavy atom. The zero-order valence-corrected chi connectivity index (χ0v) is 12.6. The summed E-state index contributed by atoms with van der Waals surface area (Å²) in [6, 6.07) is 3.66. The molecule has 1 aromatic rings. The van der Waals surface area contributed by atoms with E-state index < -0.39 is 0 Å². The fourth-order valence-electron chi connectivity index (χ4n) is 2.68. The quantitative estimate of drug-likeness (QED) is 0.765. The van der Waals surface area contributed by atoms with Crippen LogP contribution in [-0.4, -0.2) is 55.3 Å². The molecule has 1 fully saturated rings. The predicted octanol–water partition coefficient (Wildman–Crippen LogP) is 1.16. The normalized spacial score (nSPS) is 18.6. The SMILES string of the molecule is COCCn1cccc1C(=O)N1CCC[C@H](C(=O)OC)C1. The highest BCUT2D eigenvalue weighted by Gasteiger charge is 2.30. The summed E-state index contributed by atoms with van der Waals surface area (Å²) < 4.78 is 11.7. The number of hydrogen-bond acceptors (Lipinski definition) is 4. The zero-order valence-electron chi connectivity index (χ0n) is 12.6. The van der Waals surface area contributed by atoms with Crippen molar-refractivity contribution in [1.29, 1.82) is 0 Å². The molecule has 0 radical (unpaired) electrons. The van der Waals surface area contributed by atoms with Gasteiger partial charge in [0.1, 0.15) is 5.69 Å². The Bertz CT molecular complexity index is 498. The molecule has 6 heteroatoms. The molecular weight excluding hydrogens is 272 g/mol. The summed E-state index contributed by atoms with van der Waals surface area (Å²) in [5, 5.41) is 0. The van der Waals surface area contributed by atoms with Crippen LogP contribution in [0, 0.1) is 5.92 Å². The van der Waals surface area contributed by atoms with E-state index in [1.807, 2.05) is 16.8 Å². The number of aromatic nitrogens is 1.